The summed E-state index contributed by atoms with van der Waals surface area (Å²) < 4.78 is 62.6. The minimum absolute atomic E-state index is 0.0325. The molecule has 7 atom stereocenters. The first-order chi connectivity index (χ1) is 36.6. The lowest BCUT2D eigenvalue weighted by Gasteiger charge is -2.30. The van der Waals surface area contributed by atoms with Gasteiger partial charge in [0.25, 0.3) is 0 Å². The Labute approximate surface area is 456 Å². The highest BCUT2D eigenvalue weighted by molar-refractivity contribution is 8.13. The number of nitrogens with two attached hydrogens (primary N) is 1. The second-order valence-corrected chi connectivity index (χ2v) is 24.5. The summed E-state index contributed by atoms with van der Waals surface area (Å²) in [5.74, 6) is -1.04. The molecular weight excluding hydrogens is 1080 g/mol. The average molecular weight is 1170 g/mol. The van der Waals surface area contributed by atoms with Gasteiger partial charge >= 0.3 is 23.5 Å². The van der Waals surface area contributed by atoms with Gasteiger partial charge in [0.15, 0.2) is 22.8 Å². The van der Waals surface area contributed by atoms with Crippen LogP contribution in [0.2, 0.25) is 0 Å². The molecule has 24 nitrogen and oxygen atoms in total. The summed E-state index contributed by atoms with van der Waals surface area (Å²) in [6.07, 6.45) is 30.9. The summed E-state index contributed by atoms with van der Waals surface area (Å²) in [5.41, 5.74) is 4.29. The molecule has 0 aromatic carbocycles. The largest absolute Gasteiger partial charge is 0.481 e. The van der Waals surface area contributed by atoms with Gasteiger partial charge in [-0.3, -0.25) is 32.5 Å². The van der Waals surface area contributed by atoms with Gasteiger partial charge in [0.2, 0.25) is 11.8 Å². The molecule has 10 N–H and O–H groups in total. The summed E-state index contributed by atoms with van der Waals surface area (Å²) in [6.45, 7) is 2.79. The fraction of sp³-hybridized carbons (Fsp3) is 0.673. The second kappa shape index (κ2) is 36.0. The van der Waals surface area contributed by atoms with E-state index in [9.17, 15) is 57.9 Å². The molecule has 28 heteroatoms. The number of phosphoric ester groups is 3. The third kappa shape index (κ3) is 28.0. The van der Waals surface area contributed by atoms with Crippen LogP contribution >= 0.6 is 35.2 Å². The lowest BCUT2D eigenvalue weighted by atomic mass is 9.87. The van der Waals surface area contributed by atoms with Crippen molar-refractivity contribution in [1.82, 2.24) is 30.2 Å². The van der Waals surface area contributed by atoms with E-state index in [1.807, 2.05) is 0 Å². The third-order valence-corrected chi connectivity index (χ3v) is 16.0. The molecule has 1 aliphatic rings. The molecule has 0 aliphatic carbocycles. The van der Waals surface area contributed by atoms with Crippen LogP contribution in [-0.4, -0.2) is 123 Å². The lowest BCUT2D eigenvalue weighted by Crippen LogP contribution is -2.46. The monoisotopic (exact) mass is 1170 g/mol. The number of ether oxygens (including phenoxy) is 1. The number of hydrogen-bond acceptors (Lipinski definition) is 18. The predicted octanol–water partition coefficient (Wildman–Crippen LogP) is 7.93. The molecule has 436 valence electrons. The topological polar surface area (TPSA) is 364 Å². The van der Waals surface area contributed by atoms with Crippen LogP contribution in [0.3, 0.4) is 0 Å². The molecule has 1 fully saturated rings. The Kier molecular flexibility index (Phi) is 31.7. The van der Waals surface area contributed by atoms with Gasteiger partial charge in [0.1, 0.15) is 36.3 Å². The number of hydrogen-bond donors (Lipinski definition) is 9. The number of imidazole rings is 1. The Bertz CT molecular complexity index is 2370. The van der Waals surface area contributed by atoms with E-state index >= 15 is 0 Å². The van der Waals surface area contributed by atoms with Crippen LogP contribution in [0.4, 0.5) is 5.82 Å². The molecule has 0 bridgehead atoms. The van der Waals surface area contributed by atoms with Crippen molar-refractivity contribution in [2.75, 3.05) is 37.8 Å². The Morgan fingerprint density at radius 2 is 1.36 bits per heavy atom. The van der Waals surface area contributed by atoms with Crippen LogP contribution < -0.4 is 16.4 Å². The molecule has 0 spiro atoms. The highest BCUT2D eigenvalue weighted by atomic mass is 32.2. The number of nitrogens with one attached hydrogen (secondary N) is 2. The molecule has 0 radical (unpaired) electrons. The van der Waals surface area contributed by atoms with Crippen molar-refractivity contribution in [3.05, 3.63) is 61.3 Å². The van der Waals surface area contributed by atoms with E-state index in [0.29, 0.717) is 12.2 Å². The third-order valence-electron chi connectivity index (χ3n) is 12.0. The van der Waals surface area contributed by atoms with Gasteiger partial charge < -0.3 is 50.9 Å². The molecule has 0 saturated carbocycles. The summed E-state index contributed by atoms with van der Waals surface area (Å²) in [4.78, 5) is 88.7. The van der Waals surface area contributed by atoms with Gasteiger partial charge in [0, 0.05) is 37.1 Å². The van der Waals surface area contributed by atoms with E-state index in [1.165, 1.54) is 71.6 Å². The number of aliphatic hydroxyl groups is 2. The first kappa shape index (κ1) is 67.8. The number of phosphoric acid groups is 3. The number of amides is 2. The summed E-state index contributed by atoms with van der Waals surface area (Å²) in [5, 5.41) is 26.7. The minimum Gasteiger partial charge on any atom is -0.386 e. The zero-order chi connectivity index (χ0) is 56.7. The molecular formula is C49H82N7O17P3S. The maximum atomic E-state index is 12.8. The quantitative estimate of drug-likeness (QED) is 0.0173. The fourth-order valence-corrected chi connectivity index (χ4v) is 11.2. The highest BCUT2D eigenvalue weighted by Crippen LogP contribution is 2.61. The summed E-state index contributed by atoms with van der Waals surface area (Å²) in [7, 11) is -16.4. The average Bonchev–Trinajstić information content (AvgIpc) is 3.96. The number of carbonyl (C=O) groups excluding carboxylic acids is 3. The van der Waals surface area contributed by atoms with Crippen molar-refractivity contribution in [3.63, 3.8) is 0 Å². The number of anilines is 1. The van der Waals surface area contributed by atoms with E-state index in [2.05, 4.69) is 90.0 Å². The van der Waals surface area contributed by atoms with E-state index in [4.69, 9.17) is 19.5 Å². The molecule has 3 heterocycles. The molecule has 1 aliphatic heterocycles. The maximum absolute atomic E-state index is 12.8. The molecule has 1 saturated heterocycles. The van der Waals surface area contributed by atoms with Gasteiger partial charge in [-0.25, -0.2) is 28.6 Å². The Balaban J connectivity index is 1.20. The van der Waals surface area contributed by atoms with Crippen LogP contribution in [0.5, 0.6) is 0 Å². The van der Waals surface area contributed by atoms with Gasteiger partial charge in [0.05, 0.1) is 19.5 Å². The van der Waals surface area contributed by atoms with Crippen molar-refractivity contribution in [2.24, 2.45) is 5.41 Å². The summed E-state index contributed by atoms with van der Waals surface area (Å²) in [6, 6.07) is 0. The molecule has 77 heavy (non-hydrogen) atoms. The number of allylic oxidation sites excluding steroid dienone is 8. The van der Waals surface area contributed by atoms with Crippen LogP contribution in [-0.2, 0) is 50.7 Å². The van der Waals surface area contributed by atoms with Crippen molar-refractivity contribution in [3.8, 4) is 0 Å². The molecule has 2 unspecified atom stereocenters. The van der Waals surface area contributed by atoms with Crippen molar-refractivity contribution < 1.29 is 80.5 Å². The number of carbonyl (C=O) groups is 3. The van der Waals surface area contributed by atoms with Crippen LogP contribution in [0.25, 0.3) is 11.2 Å². The van der Waals surface area contributed by atoms with Gasteiger partial charge in [-0.05, 0) is 51.4 Å². The normalized spacial score (nSPS) is 19.4. The second-order valence-electron chi connectivity index (χ2n) is 19.1. The summed E-state index contributed by atoms with van der Waals surface area (Å²) >= 11 is 1.15. The van der Waals surface area contributed by atoms with Crippen LogP contribution in [0.1, 0.15) is 149 Å². The van der Waals surface area contributed by atoms with Gasteiger partial charge in [-0.2, -0.15) is 4.31 Å². The number of aromatic nitrogens is 4. The standard InChI is InChI=1S/C49H82N7O17P3S/c1-4-5-6-7-8-9-10-11-12-13-14-15-16-17-18-19-20-21-22-23-24-25-26-27-28-29-40(58)77-33-32-51-39(57)30-31-52-47(61)44(60)49(2,3)35-70-76(67,68)73-75(65,66)69-34-38-43(72-74(62,63)64)42(59)48(71-38)56-37-55-41-45(50)53-36-54-46(41)56/h8-9,11-12,14-15,17-18,36-38,42-44,48,59-60H,4-7,10,13,16,19-35H2,1-3H3,(H,51,57)(H,52,61)(H,65,66)(H,67,68)(H2,50,53,54)(H2,62,63,64)/b9-8-,12-11-,15-14-,18-17-/t38-,42-,43-,44+,48-/m1/s1. The Morgan fingerprint density at radius 3 is 1.97 bits per heavy atom. The molecule has 2 aromatic rings. The first-order valence-corrected chi connectivity index (χ1v) is 31.7. The zero-order valence-electron chi connectivity index (χ0n) is 44.4. The molecule has 2 aromatic heterocycles. The van der Waals surface area contributed by atoms with E-state index in [1.54, 1.807) is 0 Å². The molecule has 2 amide bonds. The SMILES string of the molecule is CCCCC/C=C\C/C=C\C/C=C\C/C=C\CCCCCCCCCCCC(=O)SCCNC(=O)CCNC(=O)[C@H](O)C(C)(C)COP(=O)(O)OP(=O)(O)OC[C@H]1O[C@@H](n2cnc3c(N)ncnc32)[C@H](O)[C@@H]1OP(=O)(O)O. The predicted molar refractivity (Wildman–Crippen MR) is 292 cm³/mol. The molecule has 3 rings (SSSR count). The Morgan fingerprint density at radius 1 is 0.792 bits per heavy atom. The van der Waals surface area contributed by atoms with Gasteiger partial charge in [-0.1, -0.05) is 139 Å². The van der Waals surface area contributed by atoms with Crippen molar-refractivity contribution in [2.45, 2.75) is 173 Å². The Hall–Kier alpha value is -3.48. The number of fused-ring (bicyclic) bond motifs is 1. The van der Waals surface area contributed by atoms with Crippen molar-refractivity contribution >= 4 is 69.1 Å². The lowest BCUT2D eigenvalue weighted by molar-refractivity contribution is -0.137. The number of rotatable bonds is 41. The van der Waals surface area contributed by atoms with Gasteiger partial charge in [-0.15, -0.1) is 0 Å². The van der Waals surface area contributed by atoms with Crippen molar-refractivity contribution in [1.29, 1.82) is 0 Å². The number of aliphatic hydroxyl groups excluding tert-OH is 2. The van der Waals surface area contributed by atoms with E-state index in [-0.39, 0.29) is 41.6 Å². The fourth-order valence-electron chi connectivity index (χ4n) is 7.70. The number of nitrogen functional groups attached to an aromatic ring is 1. The van der Waals surface area contributed by atoms with E-state index in [0.717, 1.165) is 80.4 Å². The zero-order valence-corrected chi connectivity index (χ0v) is 47.9. The minimum atomic E-state index is -5.58. The van der Waals surface area contributed by atoms with E-state index < -0.39 is 84.6 Å². The number of nitrogens with zero attached hydrogens (tertiary/aromatic N) is 4. The number of unbranched alkanes of at least 4 members (excludes halogenated alkanes) is 12. The highest BCUT2D eigenvalue weighted by Gasteiger charge is 2.50. The van der Waals surface area contributed by atoms with Crippen LogP contribution in [0, 0.1) is 5.41 Å². The smallest absolute Gasteiger partial charge is 0.386 e. The maximum Gasteiger partial charge on any atom is 0.481 e. The first-order valence-electron chi connectivity index (χ1n) is 26.2. The van der Waals surface area contributed by atoms with Crippen LogP contribution in [0.15, 0.2) is 61.3 Å². The number of thioether (sulfide) groups is 1.